The van der Waals surface area contributed by atoms with Gasteiger partial charge in [0.2, 0.25) is 0 Å². The number of hydrogen-bond donors (Lipinski definition) is 0. The average Bonchev–Trinajstić information content (AvgIpc) is 3.15. The Balaban J connectivity index is 1.56. The molecule has 178 valence electrons. The van der Waals surface area contributed by atoms with E-state index in [4.69, 9.17) is 19.4 Å². The Morgan fingerprint density at radius 1 is 1.06 bits per heavy atom. The maximum atomic E-state index is 12.7. The summed E-state index contributed by atoms with van der Waals surface area (Å²) in [6.07, 6.45) is 2.77. The van der Waals surface area contributed by atoms with Gasteiger partial charge in [0.25, 0.3) is 0 Å². The molecule has 32 heavy (non-hydrogen) atoms. The fourth-order valence-electron chi connectivity index (χ4n) is 4.58. The van der Waals surface area contributed by atoms with Crippen molar-refractivity contribution in [2.75, 3.05) is 64.9 Å². The summed E-state index contributed by atoms with van der Waals surface area (Å²) < 4.78 is 11.7. The van der Waals surface area contributed by atoms with Gasteiger partial charge in [0.05, 0.1) is 12.2 Å². The van der Waals surface area contributed by atoms with Gasteiger partial charge < -0.3 is 29.1 Å². The van der Waals surface area contributed by atoms with Gasteiger partial charge in [-0.3, -0.25) is 0 Å². The van der Waals surface area contributed by atoms with Crippen LogP contribution < -0.4 is 9.64 Å². The van der Waals surface area contributed by atoms with Crippen molar-refractivity contribution in [3.05, 3.63) is 11.3 Å². The Hall–Kier alpha value is -2.13. The largest absolute Gasteiger partial charge is 0.462 e. The molecule has 1 aromatic heterocycles. The first-order valence-electron chi connectivity index (χ1n) is 11.8. The monoisotopic (exact) mass is 446 g/mol. The lowest BCUT2D eigenvalue weighted by Crippen LogP contribution is -2.46. The number of rotatable bonds is 4. The molecule has 4 rings (SSSR count). The molecule has 1 atom stereocenters. The highest BCUT2D eigenvalue weighted by atomic mass is 16.6. The molecule has 0 N–H and O–H groups in total. The fourth-order valence-corrected chi connectivity index (χ4v) is 4.58. The smallest absolute Gasteiger partial charge is 0.410 e. The molecule has 0 aromatic carbocycles. The van der Waals surface area contributed by atoms with Crippen LogP contribution in [0.15, 0.2) is 0 Å². The number of nitrogens with zero attached hydrogens (tertiary/aromatic N) is 6. The molecule has 0 bridgehead atoms. The van der Waals surface area contributed by atoms with E-state index in [-0.39, 0.29) is 6.09 Å². The maximum Gasteiger partial charge on any atom is 0.410 e. The second kappa shape index (κ2) is 9.39. The van der Waals surface area contributed by atoms with E-state index >= 15 is 0 Å². The lowest BCUT2D eigenvalue weighted by atomic mass is 10.0. The van der Waals surface area contributed by atoms with Gasteiger partial charge in [0.15, 0.2) is 0 Å². The minimum atomic E-state index is -0.518. The molecule has 1 amide bonds. The molecule has 1 aromatic rings. The number of likely N-dealkylation sites (tertiary alicyclic amines) is 1. The first-order valence-corrected chi connectivity index (χ1v) is 11.8. The van der Waals surface area contributed by atoms with Crippen molar-refractivity contribution in [2.45, 2.75) is 58.2 Å². The molecule has 0 saturated carbocycles. The van der Waals surface area contributed by atoms with Crippen LogP contribution in [0.3, 0.4) is 0 Å². The number of piperazine rings is 1. The molecular weight excluding hydrogens is 408 g/mol. The number of anilines is 1. The molecule has 9 heteroatoms. The number of hydrogen-bond acceptors (Lipinski definition) is 8. The van der Waals surface area contributed by atoms with E-state index in [1.54, 1.807) is 4.90 Å². The van der Waals surface area contributed by atoms with Gasteiger partial charge in [-0.15, -0.1) is 0 Å². The Labute approximate surface area is 191 Å². The van der Waals surface area contributed by atoms with E-state index in [1.165, 1.54) is 6.42 Å². The molecule has 4 heterocycles. The second-order valence-corrected chi connectivity index (χ2v) is 10.3. The predicted molar refractivity (Wildman–Crippen MR) is 123 cm³/mol. The Bertz CT molecular complexity index is 819. The number of amides is 1. The lowest BCUT2D eigenvalue weighted by Gasteiger charge is -2.36. The molecular formula is C23H38N6O3. The van der Waals surface area contributed by atoms with E-state index in [9.17, 15) is 4.79 Å². The van der Waals surface area contributed by atoms with Crippen LogP contribution in [-0.2, 0) is 17.7 Å². The quantitative estimate of drug-likeness (QED) is 0.695. The summed E-state index contributed by atoms with van der Waals surface area (Å²) in [4.78, 5) is 31.1. The zero-order valence-corrected chi connectivity index (χ0v) is 20.3. The van der Waals surface area contributed by atoms with Crippen molar-refractivity contribution in [1.29, 1.82) is 0 Å². The molecule has 0 radical (unpaired) electrons. The van der Waals surface area contributed by atoms with Crippen molar-refractivity contribution >= 4 is 11.9 Å². The third-order valence-electron chi connectivity index (χ3n) is 6.55. The Morgan fingerprint density at radius 2 is 1.81 bits per heavy atom. The van der Waals surface area contributed by atoms with Crippen molar-refractivity contribution < 1.29 is 14.3 Å². The van der Waals surface area contributed by atoms with Crippen molar-refractivity contribution in [2.24, 2.45) is 0 Å². The number of fused-ring (bicyclic) bond motifs is 1. The normalized spacial score (nSPS) is 22.7. The number of carbonyl (C=O) groups excluding carboxylic acids is 1. The standard InChI is InChI=1S/C23H38N6O3/c1-23(2,3)32-22(30)29-10-8-18-19(15-29)24-21(31-16-17-7-6-9-27(17)5)25-20(18)28-13-11-26(4)12-14-28/h17H,6-16H2,1-5H3/t17-/m0/s1. The summed E-state index contributed by atoms with van der Waals surface area (Å²) in [6, 6.07) is 0.823. The van der Waals surface area contributed by atoms with Crippen LogP contribution >= 0.6 is 0 Å². The third kappa shape index (κ3) is 5.43. The Kier molecular flexibility index (Phi) is 6.76. The van der Waals surface area contributed by atoms with Crippen molar-refractivity contribution in [3.63, 3.8) is 0 Å². The third-order valence-corrected chi connectivity index (χ3v) is 6.55. The highest BCUT2D eigenvalue weighted by Gasteiger charge is 2.31. The van der Waals surface area contributed by atoms with Crippen LogP contribution in [0.4, 0.5) is 10.6 Å². The van der Waals surface area contributed by atoms with E-state index in [2.05, 4.69) is 28.8 Å². The van der Waals surface area contributed by atoms with Gasteiger partial charge >= 0.3 is 12.1 Å². The summed E-state index contributed by atoms with van der Waals surface area (Å²) >= 11 is 0. The number of aromatic nitrogens is 2. The highest BCUT2D eigenvalue weighted by Crippen LogP contribution is 2.30. The summed E-state index contributed by atoms with van der Waals surface area (Å²) in [7, 11) is 4.29. The second-order valence-electron chi connectivity index (χ2n) is 10.3. The fraction of sp³-hybridized carbons (Fsp3) is 0.783. The van der Waals surface area contributed by atoms with E-state index < -0.39 is 5.60 Å². The number of ether oxygens (including phenoxy) is 2. The van der Waals surface area contributed by atoms with Crippen LogP contribution in [0.5, 0.6) is 6.01 Å². The molecule has 0 aliphatic carbocycles. The minimum absolute atomic E-state index is 0.294. The van der Waals surface area contributed by atoms with E-state index in [1.807, 2.05) is 20.8 Å². The molecule has 9 nitrogen and oxygen atoms in total. The van der Waals surface area contributed by atoms with Gasteiger partial charge in [-0.1, -0.05) is 0 Å². The number of likely N-dealkylation sites (N-methyl/N-ethyl adjacent to an activating group) is 2. The summed E-state index contributed by atoms with van der Waals surface area (Å²) in [6.45, 7) is 12.3. The highest BCUT2D eigenvalue weighted by molar-refractivity contribution is 5.69. The Morgan fingerprint density at radius 3 is 2.47 bits per heavy atom. The molecule has 2 fully saturated rings. The first kappa shape index (κ1) is 23.0. The van der Waals surface area contributed by atoms with Gasteiger partial charge in [0.1, 0.15) is 18.0 Å². The van der Waals surface area contributed by atoms with E-state index in [0.29, 0.717) is 31.7 Å². The average molecular weight is 447 g/mol. The zero-order valence-electron chi connectivity index (χ0n) is 20.3. The van der Waals surface area contributed by atoms with Crippen LogP contribution in [0.1, 0.15) is 44.9 Å². The SMILES string of the molecule is CN1CCN(c2nc(OC[C@@H]3CCCN3C)nc3c2CCN(C(=O)OC(C)(C)C)C3)CC1. The summed E-state index contributed by atoms with van der Waals surface area (Å²) in [5.41, 5.74) is 1.50. The van der Waals surface area contributed by atoms with Crippen molar-refractivity contribution in [3.8, 4) is 6.01 Å². The maximum absolute atomic E-state index is 12.7. The number of carbonyl (C=O) groups is 1. The first-order chi connectivity index (χ1) is 15.2. The van der Waals surface area contributed by atoms with Crippen molar-refractivity contribution in [1.82, 2.24) is 24.7 Å². The van der Waals surface area contributed by atoms with Gasteiger partial charge in [0, 0.05) is 44.3 Å². The molecule has 0 spiro atoms. The molecule has 0 unspecified atom stereocenters. The molecule has 3 aliphatic heterocycles. The van der Waals surface area contributed by atoms with Crippen LogP contribution in [0.25, 0.3) is 0 Å². The predicted octanol–water partition coefficient (Wildman–Crippen LogP) is 1.99. The summed E-state index contributed by atoms with van der Waals surface area (Å²) in [5, 5.41) is 0. The van der Waals surface area contributed by atoms with E-state index in [0.717, 1.165) is 62.6 Å². The zero-order chi connectivity index (χ0) is 22.9. The summed E-state index contributed by atoms with van der Waals surface area (Å²) in [5.74, 6) is 0.974. The van der Waals surface area contributed by atoms with Gasteiger partial charge in [-0.2, -0.15) is 9.97 Å². The lowest BCUT2D eigenvalue weighted by molar-refractivity contribution is 0.0220. The van der Waals surface area contributed by atoms with Gasteiger partial charge in [-0.05, 0) is 60.7 Å². The van der Waals surface area contributed by atoms with Crippen LogP contribution in [-0.4, -0.2) is 102 Å². The van der Waals surface area contributed by atoms with Gasteiger partial charge in [-0.25, -0.2) is 4.79 Å². The molecule has 2 saturated heterocycles. The van der Waals surface area contributed by atoms with Crippen LogP contribution in [0.2, 0.25) is 0 Å². The molecule has 3 aliphatic rings. The minimum Gasteiger partial charge on any atom is -0.462 e. The topological polar surface area (TPSA) is 74.3 Å². The van der Waals surface area contributed by atoms with Crippen LogP contribution in [0, 0.1) is 0 Å².